The van der Waals surface area contributed by atoms with Gasteiger partial charge in [0.15, 0.2) is 0 Å². The van der Waals surface area contributed by atoms with Crippen LogP contribution in [-0.4, -0.2) is 16.0 Å². The summed E-state index contributed by atoms with van der Waals surface area (Å²) >= 11 is 0. The Morgan fingerprint density at radius 1 is 0.893 bits per heavy atom. The molecular weight excluding hydrogens is 354 g/mol. The zero-order valence-corrected chi connectivity index (χ0v) is 16.6. The first kappa shape index (κ1) is 20.3. The summed E-state index contributed by atoms with van der Waals surface area (Å²) in [5, 5.41) is 0. The van der Waals surface area contributed by atoms with Crippen LogP contribution in [0.2, 0.25) is 0 Å². The van der Waals surface area contributed by atoms with Crippen LogP contribution < -0.4 is 0 Å². The van der Waals surface area contributed by atoms with Crippen LogP contribution in [-0.2, 0) is 19.6 Å². The molecule has 0 N–H and O–H groups in total. The van der Waals surface area contributed by atoms with Gasteiger partial charge in [-0.15, -0.1) is 0 Å². The average molecular weight is 382 g/mol. The maximum Gasteiger partial charge on any atom is 0.127 e. The molecule has 148 valence electrons. The minimum atomic E-state index is -0.221. The largest absolute Gasteiger partial charge is 0.346 e. The molecule has 0 radical (unpaired) electrons. The van der Waals surface area contributed by atoms with Gasteiger partial charge in [-0.25, -0.2) is 8.78 Å². The fraction of sp³-hybridized carbons (Fsp3) is 0.333. The fourth-order valence-electron chi connectivity index (χ4n) is 3.29. The first-order valence-corrected chi connectivity index (χ1v) is 9.85. The van der Waals surface area contributed by atoms with Crippen LogP contribution in [0, 0.1) is 17.6 Å². The van der Waals surface area contributed by atoms with Crippen LogP contribution in [0.3, 0.4) is 0 Å². The molecule has 0 saturated heterocycles. The third-order valence-electron chi connectivity index (χ3n) is 4.95. The highest BCUT2D eigenvalue weighted by atomic mass is 19.1. The molecule has 2 nitrogen and oxygen atoms in total. The quantitative estimate of drug-likeness (QED) is 0.450. The van der Waals surface area contributed by atoms with Crippen molar-refractivity contribution in [3.05, 3.63) is 95.3 Å². The van der Waals surface area contributed by atoms with Crippen molar-refractivity contribution in [1.82, 2.24) is 9.47 Å². The molecule has 0 aliphatic heterocycles. The lowest BCUT2D eigenvalue weighted by molar-refractivity contribution is 0.232. The van der Waals surface area contributed by atoms with E-state index in [4.69, 9.17) is 0 Å². The number of rotatable bonds is 9. The molecule has 0 amide bonds. The summed E-state index contributed by atoms with van der Waals surface area (Å²) in [6, 6.07) is 17.7. The minimum Gasteiger partial charge on any atom is -0.346 e. The van der Waals surface area contributed by atoms with Crippen molar-refractivity contribution in [3.63, 3.8) is 0 Å². The zero-order chi connectivity index (χ0) is 19.9. The van der Waals surface area contributed by atoms with Gasteiger partial charge in [-0.05, 0) is 54.8 Å². The van der Waals surface area contributed by atoms with E-state index in [1.807, 2.05) is 36.5 Å². The van der Waals surface area contributed by atoms with Gasteiger partial charge in [-0.3, -0.25) is 4.90 Å². The third kappa shape index (κ3) is 5.77. The van der Waals surface area contributed by atoms with Gasteiger partial charge in [0.05, 0.1) is 0 Å². The molecule has 0 atom stereocenters. The van der Waals surface area contributed by atoms with Crippen molar-refractivity contribution < 1.29 is 8.78 Å². The summed E-state index contributed by atoms with van der Waals surface area (Å²) < 4.78 is 29.5. The van der Waals surface area contributed by atoms with Crippen molar-refractivity contribution in [2.75, 3.05) is 6.54 Å². The van der Waals surface area contributed by atoms with E-state index in [1.165, 1.54) is 23.9 Å². The Balaban J connectivity index is 1.74. The molecule has 2 aromatic carbocycles. The monoisotopic (exact) mass is 382 g/mol. The molecule has 0 bridgehead atoms. The smallest absolute Gasteiger partial charge is 0.127 e. The lowest BCUT2D eigenvalue weighted by Crippen LogP contribution is -2.26. The maximum atomic E-state index is 14.2. The highest BCUT2D eigenvalue weighted by molar-refractivity contribution is 5.20. The Kier molecular flexibility index (Phi) is 6.99. The fourth-order valence-corrected chi connectivity index (χ4v) is 3.29. The summed E-state index contributed by atoms with van der Waals surface area (Å²) in [4.78, 5) is 2.30. The van der Waals surface area contributed by atoms with E-state index in [0.717, 1.165) is 30.6 Å². The van der Waals surface area contributed by atoms with E-state index in [9.17, 15) is 8.78 Å². The molecule has 0 fully saturated rings. The Morgan fingerprint density at radius 2 is 1.64 bits per heavy atom. The van der Waals surface area contributed by atoms with Crippen LogP contribution in [0.25, 0.3) is 0 Å². The topological polar surface area (TPSA) is 8.17 Å². The normalized spacial score (nSPS) is 11.5. The van der Waals surface area contributed by atoms with Crippen LogP contribution in [0.15, 0.2) is 66.9 Å². The highest BCUT2D eigenvalue weighted by Gasteiger charge is 2.13. The first-order chi connectivity index (χ1) is 13.5. The van der Waals surface area contributed by atoms with Crippen molar-refractivity contribution in [3.8, 4) is 0 Å². The third-order valence-corrected chi connectivity index (χ3v) is 4.95. The van der Waals surface area contributed by atoms with Gasteiger partial charge in [0.1, 0.15) is 11.6 Å². The number of hydrogen-bond acceptors (Lipinski definition) is 1. The highest BCUT2D eigenvalue weighted by Crippen LogP contribution is 2.16. The van der Waals surface area contributed by atoms with Crippen LogP contribution in [0.5, 0.6) is 0 Å². The Hall–Kier alpha value is -2.46. The van der Waals surface area contributed by atoms with Gasteiger partial charge < -0.3 is 4.57 Å². The van der Waals surface area contributed by atoms with Gasteiger partial charge in [0, 0.05) is 37.1 Å². The molecule has 0 aliphatic carbocycles. The van der Waals surface area contributed by atoms with Crippen molar-refractivity contribution in [2.45, 2.75) is 39.9 Å². The van der Waals surface area contributed by atoms with E-state index in [-0.39, 0.29) is 11.6 Å². The lowest BCUT2D eigenvalue weighted by Gasteiger charge is -2.24. The van der Waals surface area contributed by atoms with Gasteiger partial charge in [0.25, 0.3) is 0 Å². The van der Waals surface area contributed by atoms with Crippen LogP contribution in [0.1, 0.15) is 37.1 Å². The summed E-state index contributed by atoms with van der Waals surface area (Å²) in [5.41, 5.74) is 2.95. The molecule has 3 aromatic rings. The molecule has 1 aromatic heterocycles. The number of nitrogens with zero attached hydrogens (tertiary/aromatic N) is 2. The van der Waals surface area contributed by atoms with Gasteiger partial charge >= 0.3 is 0 Å². The summed E-state index contributed by atoms with van der Waals surface area (Å²) in [7, 11) is 0. The van der Waals surface area contributed by atoms with Crippen LogP contribution in [0.4, 0.5) is 8.78 Å². The zero-order valence-electron chi connectivity index (χ0n) is 16.6. The SMILES string of the molecule is CC(C)CCN(Cc1ccccc1F)Cc1cccn1Cc1ccc(F)cc1. The lowest BCUT2D eigenvalue weighted by atomic mass is 10.1. The standard InChI is InChI=1S/C24H28F2N2/c1-19(2)13-15-27(17-21-6-3-4-8-24(21)26)18-23-7-5-14-28(23)16-20-9-11-22(25)12-10-20/h3-12,14,19H,13,15-18H2,1-2H3. The summed E-state index contributed by atoms with van der Waals surface area (Å²) in [6.45, 7) is 7.35. The van der Waals surface area contributed by atoms with Gasteiger partial charge in [0.2, 0.25) is 0 Å². The van der Waals surface area contributed by atoms with Gasteiger partial charge in [-0.2, -0.15) is 0 Å². The predicted octanol–water partition coefficient (Wildman–Crippen LogP) is 5.86. The number of benzene rings is 2. The molecule has 0 spiro atoms. The number of halogens is 2. The Bertz CT molecular complexity index is 868. The van der Waals surface area contributed by atoms with Crippen molar-refractivity contribution in [1.29, 1.82) is 0 Å². The summed E-state index contributed by atoms with van der Waals surface area (Å²) in [5.74, 6) is 0.217. The molecule has 28 heavy (non-hydrogen) atoms. The number of aromatic nitrogens is 1. The molecule has 0 unspecified atom stereocenters. The second kappa shape index (κ2) is 9.65. The van der Waals surface area contributed by atoms with E-state index >= 15 is 0 Å². The van der Waals surface area contributed by atoms with E-state index in [1.54, 1.807) is 6.07 Å². The average Bonchev–Trinajstić information content (AvgIpc) is 3.10. The van der Waals surface area contributed by atoms with E-state index < -0.39 is 0 Å². The van der Waals surface area contributed by atoms with Crippen LogP contribution >= 0.6 is 0 Å². The molecule has 3 rings (SSSR count). The van der Waals surface area contributed by atoms with E-state index in [2.05, 4.69) is 29.4 Å². The van der Waals surface area contributed by atoms with Crippen molar-refractivity contribution in [2.24, 2.45) is 5.92 Å². The minimum absolute atomic E-state index is 0.154. The predicted molar refractivity (Wildman–Crippen MR) is 110 cm³/mol. The maximum absolute atomic E-state index is 14.2. The second-order valence-electron chi connectivity index (χ2n) is 7.74. The number of hydrogen-bond donors (Lipinski definition) is 0. The van der Waals surface area contributed by atoms with E-state index in [0.29, 0.717) is 19.0 Å². The van der Waals surface area contributed by atoms with Gasteiger partial charge in [-0.1, -0.05) is 44.2 Å². The van der Waals surface area contributed by atoms with Crippen molar-refractivity contribution >= 4 is 0 Å². The molecule has 1 heterocycles. The molecule has 0 aliphatic rings. The Labute approximate surface area is 166 Å². The molecule has 4 heteroatoms. The molecular formula is C24H28F2N2. The second-order valence-corrected chi connectivity index (χ2v) is 7.74. The Morgan fingerprint density at radius 3 is 2.36 bits per heavy atom. The first-order valence-electron chi connectivity index (χ1n) is 9.85. The molecule has 0 saturated carbocycles. The summed E-state index contributed by atoms with van der Waals surface area (Å²) in [6.07, 6.45) is 3.11.